The predicted octanol–water partition coefficient (Wildman–Crippen LogP) is 8.89. The van der Waals surface area contributed by atoms with E-state index >= 15 is 0 Å². The molecule has 5 aliphatic heterocycles. The first kappa shape index (κ1) is 44.7. The molecule has 342 valence electrons. The molecule has 10 nitrogen and oxygen atoms in total. The van der Waals surface area contributed by atoms with Crippen molar-refractivity contribution in [2.45, 2.75) is 133 Å². The Bertz CT molecular complexity index is 2590. The Morgan fingerprint density at radius 2 is 1.91 bits per heavy atom. The first-order valence-electron chi connectivity index (χ1n) is 24.0. The number of benzene rings is 2. The average Bonchev–Trinajstić information content (AvgIpc) is 4.05. The maximum absolute atomic E-state index is 14.5. The molecule has 65 heavy (non-hydrogen) atoms. The van der Waals surface area contributed by atoms with Gasteiger partial charge in [-0.25, -0.2) is 0 Å². The van der Waals surface area contributed by atoms with Crippen molar-refractivity contribution in [1.29, 1.82) is 0 Å². The maximum atomic E-state index is 14.5. The van der Waals surface area contributed by atoms with Crippen molar-refractivity contribution in [3.8, 4) is 35.4 Å². The summed E-state index contributed by atoms with van der Waals surface area (Å²) in [7, 11) is 3.56. The second-order valence-electron chi connectivity index (χ2n) is 19.5. The van der Waals surface area contributed by atoms with Gasteiger partial charge >= 0.3 is 0 Å². The number of nitrogens with one attached hydrogen (secondary N) is 2. The third kappa shape index (κ3) is 8.59. The molecule has 7 heterocycles. The molecule has 1 spiro atoms. The fourth-order valence-electron chi connectivity index (χ4n) is 11.7. The topological polar surface area (TPSA) is 155 Å². The third-order valence-electron chi connectivity index (χ3n) is 15.3. The Balaban J connectivity index is 1.09. The third-order valence-corrected chi connectivity index (χ3v) is 17.7. The van der Waals surface area contributed by atoms with Gasteiger partial charge in [0.1, 0.15) is 18.0 Å². The Kier molecular flexibility index (Phi) is 13.0. The van der Waals surface area contributed by atoms with Crippen LogP contribution in [0.2, 0.25) is 0 Å². The van der Waals surface area contributed by atoms with Gasteiger partial charge in [0.25, 0.3) is 0 Å². The SMILES string of the molecule is CCCCCC(C(=O)CCc1ccc2c3c1CSSCC1CNC(N)c4ccc5c(c41)Cc1c[nH]c4cn(cc14)C(O3)C(C#CC5O)C1(C#CO2)CCCC1)C(O)C1C=CC(C)CC1O. The molecule has 4 aromatic rings. The van der Waals surface area contributed by atoms with Gasteiger partial charge in [-0.05, 0) is 77.5 Å². The Morgan fingerprint density at radius 1 is 1.06 bits per heavy atom. The van der Waals surface area contributed by atoms with E-state index in [1.807, 2.05) is 18.2 Å². The number of aromatic amines is 1. The zero-order chi connectivity index (χ0) is 44.8. The van der Waals surface area contributed by atoms with Crippen LogP contribution in [-0.4, -0.2) is 55.2 Å². The lowest BCUT2D eigenvalue weighted by molar-refractivity contribution is -0.129. The van der Waals surface area contributed by atoms with Gasteiger partial charge in [-0.1, -0.05) is 116 Å². The highest BCUT2D eigenvalue weighted by molar-refractivity contribution is 8.76. The number of aryl methyl sites for hydroxylation is 1. The van der Waals surface area contributed by atoms with Gasteiger partial charge in [-0.3, -0.25) is 10.1 Å². The number of fused-ring (bicyclic) bond motifs is 4. The van der Waals surface area contributed by atoms with Crippen LogP contribution >= 0.6 is 21.6 Å². The molecular formula is C53H62N4O6S2. The van der Waals surface area contributed by atoms with Crippen LogP contribution in [0, 0.1) is 53.0 Å². The summed E-state index contributed by atoms with van der Waals surface area (Å²) in [5.74, 6) is 12.0. The van der Waals surface area contributed by atoms with Gasteiger partial charge in [0.05, 0.1) is 35.2 Å². The van der Waals surface area contributed by atoms with E-state index in [0.29, 0.717) is 49.5 Å². The molecule has 7 aliphatic rings. The van der Waals surface area contributed by atoms with E-state index in [1.165, 1.54) is 5.56 Å². The number of rotatable bonds is 10. The van der Waals surface area contributed by atoms with Gasteiger partial charge in [0, 0.05) is 78.2 Å². The van der Waals surface area contributed by atoms with Crippen molar-refractivity contribution in [3.05, 3.63) is 94.0 Å². The van der Waals surface area contributed by atoms with Crippen LogP contribution in [0.25, 0.3) is 10.9 Å². The lowest BCUT2D eigenvalue weighted by atomic mass is 9.73. The van der Waals surface area contributed by atoms with E-state index in [0.717, 1.165) is 95.0 Å². The lowest BCUT2D eigenvalue weighted by Crippen LogP contribution is -2.41. The Labute approximate surface area is 390 Å². The van der Waals surface area contributed by atoms with Crippen LogP contribution in [0.1, 0.15) is 141 Å². The van der Waals surface area contributed by atoms with Crippen molar-refractivity contribution in [3.63, 3.8) is 0 Å². The standard InChI is InChI=1S/C53H62N4O6S2/c1-3-4-5-8-36(49(61)37-12-9-31(2)23-46(37)60)45(59)16-10-32-11-18-47-50-41(32)30-65-64-29-34-26-56-51(54)38-14-13-35-39(48(34)38)24-33-25-55-43-28-57(27-40(33)43)52(63-50)42(15-17-44(35)58)53(21-22-62-47)19-6-7-20-53/h9,11-14,18,25,27-28,31,34,36-37,42,44,46,49,51-52,55-56,58,60-61H,3-8,10,16,19-20,23-24,26,29-30,54H2,1-2H3. The zero-order valence-electron chi connectivity index (χ0n) is 37.5. The molecule has 0 radical (unpaired) electrons. The minimum atomic E-state index is -1.05. The summed E-state index contributed by atoms with van der Waals surface area (Å²) in [5, 5.41) is 39.8. The number of ether oxygens (including phenoxy) is 2. The summed E-state index contributed by atoms with van der Waals surface area (Å²) in [6.45, 7) is 4.91. The van der Waals surface area contributed by atoms with Crippen molar-refractivity contribution >= 4 is 38.3 Å². The molecule has 10 unspecified atom stereocenters. The molecule has 7 N–H and O–H groups in total. The molecule has 1 saturated carbocycles. The predicted molar refractivity (Wildman–Crippen MR) is 258 cm³/mol. The molecule has 12 heteroatoms. The largest absolute Gasteiger partial charge is 0.465 e. The Hall–Kier alpha value is -4.11. The molecule has 2 aliphatic carbocycles. The number of allylic oxidation sites excluding steroid dienone is 1. The van der Waals surface area contributed by atoms with Gasteiger partial charge in [0.15, 0.2) is 17.7 Å². The summed E-state index contributed by atoms with van der Waals surface area (Å²) in [5.41, 5.74) is 14.4. The molecular weight excluding hydrogens is 853 g/mol. The summed E-state index contributed by atoms with van der Waals surface area (Å²) in [6, 6.07) is 8.09. The average molecular weight is 915 g/mol. The monoisotopic (exact) mass is 914 g/mol. The number of H-pyrrole nitrogens is 1. The number of nitrogens with zero attached hydrogens (tertiary/aromatic N) is 1. The normalized spacial score (nSPS) is 28.3. The molecule has 2 aromatic carbocycles. The molecule has 8 bridgehead atoms. The van der Waals surface area contributed by atoms with Crippen molar-refractivity contribution in [2.24, 2.45) is 34.8 Å². The number of hydrogen-bond acceptors (Lipinski definition) is 10. The molecule has 2 aromatic heterocycles. The molecule has 10 atom stereocenters. The minimum Gasteiger partial charge on any atom is -0.465 e. The highest BCUT2D eigenvalue weighted by Gasteiger charge is 2.47. The number of aliphatic hydroxyl groups excluding tert-OH is 3. The van der Waals surface area contributed by atoms with E-state index in [9.17, 15) is 20.1 Å². The number of carbonyl (C=O) groups is 1. The molecule has 1 fully saturated rings. The smallest absolute Gasteiger partial charge is 0.191 e. The second-order valence-corrected chi connectivity index (χ2v) is 22.0. The van der Waals surface area contributed by atoms with Gasteiger partial charge in [-0.2, -0.15) is 0 Å². The van der Waals surface area contributed by atoms with Gasteiger partial charge in [-0.15, -0.1) is 0 Å². The zero-order valence-corrected chi connectivity index (χ0v) is 39.1. The van der Waals surface area contributed by atoms with E-state index in [1.54, 1.807) is 21.6 Å². The first-order chi connectivity index (χ1) is 31.6. The minimum absolute atomic E-state index is 0.0151. The van der Waals surface area contributed by atoms with Crippen LogP contribution in [0.3, 0.4) is 0 Å². The fourth-order valence-corrected chi connectivity index (χ4v) is 14.1. The van der Waals surface area contributed by atoms with E-state index in [4.69, 9.17) is 15.2 Å². The van der Waals surface area contributed by atoms with Crippen LogP contribution in [0.15, 0.2) is 55.0 Å². The quantitative estimate of drug-likeness (QED) is 0.0394. The first-order valence-corrected chi connectivity index (χ1v) is 26.4. The number of nitrogens with two attached hydrogens (primary N) is 1. The molecule has 0 amide bonds. The van der Waals surface area contributed by atoms with Gasteiger partial charge < -0.3 is 40.1 Å². The maximum Gasteiger partial charge on any atom is 0.191 e. The summed E-state index contributed by atoms with van der Waals surface area (Å²) in [4.78, 5) is 18.1. The van der Waals surface area contributed by atoms with Crippen LogP contribution in [0.4, 0.5) is 0 Å². The van der Waals surface area contributed by atoms with Gasteiger partial charge in [0.2, 0.25) is 0 Å². The van der Waals surface area contributed by atoms with Crippen molar-refractivity contribution in [1.82, 2.24) is 14.9 Å². The summed E-state index contributed by atoms with van der Waals surface area (Å²) in [6.07, 6.45) is 18.8. The second kappa shape index (κ2) is 18.9. The fraction of sp³-hybridized carbons (Fsp3) is 0.528. The van der Waals surface area contributed by atoms with Crippen molar-refractivity contribution in [2.75, 3.05) is 12.3 Å². The van der Waals surface area contributed by atoms with E-state index in [-0.39, 0.29) is 30.2 Å². The number of unbranched alkanes of at least 4 members (excludes halogenated alkanes) is 2. The summed E-state index contributed by atoms with van der Waals surface area (Å²) < 4.78 is 16.1. The number of hydrogen-bond donors (Lipinski definition) is 6. The highest BCUT2D eigenvalue weighted by Crippen LogP contribution is 2.52. The van der Waals surface area contributed by atoms with Crippen LogP contribution < -0.4 is 20.5 Å². The molecule has 11 rings (SSSR count). The van der Waals surface area contributed by atoms with E-state index in [2.05, 4.69) is 89.4 Å². The van der Waals surface area contributed by atoms with Crippen LogP contribution in [-0.2, 0) is 23.4 Å². The lowest BCUT2D eigenvalue weighted by Gasteiger charge is -2.36. The number of aliphatic hydroxyl groups is 3. The van der Waals surface area contributed by atoms with Crippen LogP contribution in [0.5, 0.6) is 11.5 Å². The van der Waals surface area contributed by atoms with E-state index < -0.39 is 47.7 Å². The number of Topliss-reactive ketones (excluding diaryl/α,β-unsaturated/α-hetero) is 1. The number of aromatic nitrogens is 2. The number of carbonyl (C=O) groups excluding carboxylic acids is 1. The highest BCUT2D eigenvalue weighted by atomic mass is 33.1. The molecule has 0 saturated heterocycles. The summed E-state index contributed by atoms with van der Waals surface area (Å²) >= 11 is 0. The Morgan fingerprint density at radius 3 is 2.74 bits per heavy atom. The number of ketones is 1. The van der Waals surface area contributed by atoms with Crippen molar-refractivity contribution < 1.29 is 29.6 Å².